The van der Waals surface area contributed by atoms with Gasteiger partial charge < -0.3 is 14.3 Å². The van der Waals surface area contributed by atoms with Crippen molar-refractivity contribution >= 4 is 12.1 Å². The van der Waals surface area contributed by atoms with E-state index in [1.807, 2.05) is 27.7 Å². The van der Waals surface area contributed by atoms with Gasteiger partial charge in [-0.05, 0) is 51.9 Å². The zero-order valence-corrected chi connectivity index (χ0v) is 15.3. The van der Waals surface area contributed by atoms with Crippen LogP contribution in [0, 0.1) is 11.3 Å². The second-order valence-electron chi connectivity index (χ2n) is 7.43. The number of carbonyl (C=O) groups excluding carboxylic acids is 2. The van der Waals surface area contributed by atoms with Gasteiger partial charge in [0.1, 0.15) is 12.1 Å². The zero-order chi connectivity index (χ0) is 17.7. The van der Waals surface area contributed by atoms with E-state index in [0.717, 1.165) is 18.3 Å². The summed E-state index contributed by atoms with van der Waals surface area (Å²) in [7, 11) is 0. The summed E-state index contributed by atoms with van der Waals surface area (Å²) < 4.78 is 11.5. The second-order valence-corrected chi connectivity index (χ2v) is 7.43. The normalized spacial score (nSPS) is 26.8. The molecule has 4 nitrogen and oxygen atoms in total. The minimum atomic E-state index is -0.448. The number of aldehydes is 1. The van der Waals surface area contributed by atoms with E-state index >= 15 is 0 Å². The summed E-state index contributed by atoms with van der Waals surface area (Å²) in [5, 5.41) is 0. The molecule has 1 saturated carbocycles. The van der Waals surface area contributed by atoms with E-state index in [4.69, 9.17) is 9.47 Å². The van der Waals surface area contributed by atoms with Crippen molar-refractivity contribution in [3.05, 3.63) is 12.2 Å². The Morgan fingerprint density at radius 3 is 2.74 bits per heavy atom. The van der Waals surface area contributed by atoms with Gasteiger partial charge in [0.05, 0.1) is 5.60 Å². The molecule has 0 N–H and O–H groups in total. The number of hydrogen-bond acceptors (Lipinski definition) is 4. The van der Waals surface area contributed by atoms with Gasteiger partial charge in [-0.15, -0.1) is 0 Å². The second kappa shape index (κ2) is 8.20. The smallest absolute Gasteiger partial charge is 0.155 e. The van der Waals surface area contributed by atoms with Gasteiger partial charge in [-0.1, -0.05) is 19.1 Å². The first-order valence-electron chi connectivity index (χ1n) is 8.57. The summed E-state index contributed by atoms with van der Waals surface area (Å²) in [6.45, 7) is 14.7. The molecule has 4 heteroatoms. The quantitative estimate of drug-likeness (QED) is 0.364. The van der Waals surface area contributed by atoms with E-state index in [0.29, 0.717) is 32.3 Å². The van der Waals surface area contributed by atoms with Crippen LogP contribution in [0.25, 0.3) is 0 Å². The molecule has 3 atom stereocenters. The summed E-state index contributed by atoms with van der Waals surface area (Å²) in [4.78, 5) is 23.0. The Balaban J connectivity index is 2.85. The van der Waals surface area contributed by atoms with Crippen molar-refractivity contribution < 1.29 is 19.1 Å². The number of rotatable bonds is 9. The van der Waals surface area contributed by atoms with E-state index in [1.165, 1.54) is 0 Å². The molecular weight excluding hydrogens is 292 g/mol. The Morgan fingerprint density at radius 1 is 1.52 bits per heavy atom. The molecule has 0 heterocycles. The SMILES string of the molecule is C=C(CCC=O)[C@]1(C)CC(=O)C[C@@H](C(C)(C)OC(C)OCC)C1. The van der Waals surface area contributed by atoms with Gasteiger partial charge in [-0.2, -0.15) is 0 Å². The number of ether oxygens (including phenoxy) is 2. The van der Waals surface area contributed by atoms with Crippen LogP contribution in [0.4, 0.5) is 0 Å². The number of carbonyl (C=O) groups is 2. The van der Waals surface area contributed by atoms with Crippen LogP contribution in [0.5, 0.6) is 0 Å². The lowest BCUT2D eigenvalue weighted by atomic mass is 9.62. The standard InChI is InChI=1S/C19H32O4/c1-7-22-15(3)23-18(4,5)16-11-17(21)13-19(6,12-16)14(2)9-8-10-20/h10,15-16H,2,7-9,11-13H2,1,3-6H3/t15?,16-,19+/m1/s1. The first kappa shape index (κ1) is 20.0. The molecular formula is C19H32O4. The maximum Gasteiger partial charge on any atom is 0.155 e. The molecule has 0 aromatic carbocycles. The molecule has 23 heavy (non-hydrogen) atoms. The van der Waals surface area contributed by atoms with Gasteiger partial charge in [0.15, 0.2) is 6.29 Å². The van der Waals surface area contributed by atoms with Gasteiger partial charge in [0, 0.05) is 25.9 Å². The number of allylic oxidation sites excluding steroid dienone is 1. The predicted molar refractivity (Wildman–Crippen MR) is 91.1 cm³/mol. The van der Waals surface area contributed by atoms with Gasteiger partial charge in [0.2, 0.25) is 0 Å². The van der Waals surface area contributed by atoms with Gasteiger partial charge in [0.25, 0.3) is 0 Å². The molecule has 1 aliphatic rings. The summed E-state index contributed by atoms with van der Waals surface area (Å²) in [5.41, 5.74) is 0.298. The molecule has 0 saturated heterocycles. The summed E-state index contributed by atoms with van der Waals surface area (Å²) >= 11 is 0. The van der Waals surface area contributed by atoms with Crippen LogP contribution in [0.2, 0.25) is 0 Å². The van der Waals surface area contributed by atoms with Crippen molar-refractivity contribution in [2.24, 2.45) is 11.3 Å². The van der Waals surface area contributed by atoms with Crippen LogP contribution >= 0.6 is 0 Å². The van der Waals surface area contributed by atoms with Crippen molar-refractivity contribution in [1.29, 1.82) is 0 Å². The lowest BCUT2D eigenvalue weighted by molar-refractivity contribution is -0.211. The Bertz CT molecular complexity index is 441. The Kier molecular flexibility index (Phi) is 7.15. The van der Waals surface area contributed by atoms with E-state index in [2.05, 4.69) is 13.5 Å². The lowest BCUT2D eigenvalue weighted by Crippen LogP contribution is -2.45. The fraction of sp³-hybridized carbons (Fsp3) is 0.789. The molecule has 0 bridgehead atoms. The fourth-order valence-electron chi connectivity index (χ4n) is 3.56. The van der Waals surface area contributed by atoms with Crippen LogP contribution in [-0.2, 0) is 19.1 Å². The Hall–Kier alpha value is -1.00. The van der Waals surface area contributed by atoms with Gasteiger partial charge in [-0.3, -0.25) is 4.79 Å². The summed E-state index contributed by atoms with van der Waals surface area (Å²) in [5.74, 6) is 0.362. The van der Waals surface area contributed by atoms with E-state index in [9.17, 15) is 9.59 Å². The van der Waals surface area contributed by atoms with Crippen LogP contribution in [0.15, 0.2) is 12.2 Å². The molecule has 0 amide bonds. The maximum atomic E-state index is 12.3. The molecule has 132 valence electrons. The number of ketones is 1. The summed E-state index contributed by atoms with van der Waals surface area (Å²) in [6.07, 6.45) is 3.62. The van der Waals surface area contributed by atoms with Crippen LogP contribution < -0.4 is 0 Å². The molecule has 0 spiro atoms. The third kappa shape index (κ3) is 5.54. The Labute approximate surface area is 140 Å². The number of Topliss-reactive ketones (excluding diaryl/α,β-unsaturated/α-hetero) is 1. The third-order valence-corrected chi connectivity index (χ3v) is 5.03. The van der Waals surface area contributed by atoms with Crippen LogP contribution in [0.1, 0.15) is 66.7 Å². The van der Waals surface area contributed by atoms with Crippen LogP contribution in [-0.4, -0.2) is 30.6 Å². The van der Waals surface area contributed by atoms with Crippen molar-refractivity contribution in [2.45, 2.75) is 78.6 Å². The number of hydrogen-bond donors (Lipinski definition) is 0. The fourth-order valence-corrected chi connectivity index (χ4v) is 3.56. The molecule has 0 radical (unpaired) electrons. The van der Waals surface area contributed by atoms with E-state index < -0.39 is 5.60 Å². The topological polar surface area (TPSA) is 52.6 Å². The first-order valence-corrected chi connectivity index (χ1v) is 8.57. The summed E-state index contributed by atoms with van der Waals surface area (Å²) in [6, 6.07) is 0. The zero-order valence-electron chi connectivity index (χ0n) is 15.3. The molecule has 1 fully saturated rings. The highest BCUT2D eigenvalue weighted by Gasteiger charge is 2.44. The predicted octanol–water partition coefficient (Wildman–Crippen LogP) is 4.07. The molecule has 1 unspecified atom stereocenters. The average Bonchev–Trinajstić information content (AvgIpc) is 2.43. The molecule has 0 aromatic heterocycles. The molecule has 1 rings (SSSR count). The third-order valence-electron chi connectivity index (χ3n) is 5.03. The van der Waals surface area contributed by atoms with Crippen molar-refractivity contribution in [3.8, 4) is 0 Å². The largest absolute Gasteiger partial charge is 0.353 e. The van der Waals surface area contributed by atoms with Gasteiger partial charge in [-0.25, -0.2) is 0 Å². The monoisotopic (exact) mass is 324 g/mol. The molecule has 0 aliphatic heterocycles. The van der Waals surface area contributed by atoms with Crippen molar-refractivity contribution in [3.63, 3.8) is 0 Å². The average molecular weight is 324 g/mol. The molecule has 0 aromatic rings. The van der Waals surface area contributed by atoms with E-state index in [-0.39, 0.29) is 23.4 Å². The van der Waals surface area contributed by atoms with Crippen molar-refractivity contribution in [2.75, 3.05) is 6.61 Å². The minimum Gasteiger partial charge on any atom is -0.353 e. The lowest BCUT2D eigenvalue weighted by Gasteiger charge is -2.45. The highest BCUT2D eigenvalue weighted by atomic mass is 16.7. The van der Waals surface area contributed by atoms with Gasteiger partial charge >= 0.3 is 0 Å². The Morgan fingerprint density at radius 2 is 2.17 bits per heavy atom. The minimum absolute atomic E-state index is 0.115. The highest BCUT2D eigenvalue weighted by molar-refractivity contribution is 5.81. The molecule has 1 aliphatic carbocycles. The highest BCUT2D eigenvalue weighted by Crippen LogP contribution is 2.47. The van der Waals surface area contributed by atoms with Crippen molar-refractivity contribution in [1.82, 2.24) is 0 Å². The maximum absolute atomic E-state index is 12.3. The first-order chi connectivity index (χ1) is 10.6. The van der Waals surface area contributed by atoms with Crippen LogP contribution in [0.3, 0.4) is 0 Å². The van der Waals surface area contributed by atoms with E-state index in [1.54, 1.807) is 0 Å².